The summed E-state index contributed by atoms with van der Waals surface area (Å²) in [5, 5.41) is 3.32. The van der Waals surface area contributed by atoms with E-state index in [9.17, 15) is 0 Å². The SMILES string of the molecule is CSCCCCCCNc1ccc(N)c(OC(C)C)n1. The number of hydrogen-bond donors (Lipinski definition) is 2. The normalized spacial score (nSPS) is 10.8. The third kappa shape index (κ3) is 6.89. The van der Waals surface area contributed by atoms with E-state index in [0.29, 0.717) is 11.6 Å². The third-order valence-corrected chi connectivity index (χ3v) is 3.52. The van der Waals surface area contributed by atoms with Gasteiger partial charge in [-0.3, -0.25) is 0 Å². The zero-order valence-electron chi connectivity index (χ0n) is 12.8. The Bertz CT molecular complexity index is 385. The number of nitrogens with two attached hydrogens (primary N) is 1. The highest BCUT2D eigenvalue weighted by Gasteiger charge is 2.06. The first kappa shape index (κ1) is 17.0. The fraction of sp³-hybridized carbons (Fsp3) is 0.667. The number of anilines is 2. The number of rotatable bonds is 10. The molecular formula is C15H27N3OS. The lowest BCUT2D eigenvalue weighted by molar-refractivity contribution is 0.234. The van der Waals surface area contributed by atoms with Crippen LogP contribution in [-0.4, -0.2) is 29.6 Å². The summed E-state index contributed by atoms with van der Waals surface area (Å²) in [5.41, 5.74) is 6.43. The van der Waals surface area contributed by atoms with Gasteiger partial charge < -0.3 is 15.8 Å². The highest BCUT2D eigenvalue weighted by molar-refractivity contribution is 7.98. The van der Waals surface area contributed by atoms with Gasteiger partial charge in [-0.25, -0.2) is 0 Å². The van der Waals surface area contributed by atoms with E-state index in [-0.39, 0.29) is 6.10 Å². The van der Waals surface area contributed by atoms with Crippen molar-refractivity contribution in [3.63, 3.8) is 0 Å². The summed E-state index contributed by atoms with van der Waals surface area (Å²) in [5.74, 6) is 2.62. The Morgan fingerprint density at radius 1 is 1.25 bits per heavy atom. The maximum Gasteiger partial charge on any atom is 0.239 e. The van der Waals surface area contributed by atoms with Crippen LogP contribution in [-0.2, 0) is 0 Å². The summed E-state index contributed by atoms with van der Waals surface area (Å²) in [6, 6.07) is 3.74. The number of nitrogens with one attached hydrogen (secondary N) is 1. The molecular weight excluding hydrogens is 270 g/mol. The van der Waals surface area contributed by atoms with Gasteiger partial charge in [0.25, 0.3) is 0 Å². The van der Waals surface area contributed by atoms with E-state index in [1.54, 1.807) is 0 Å². The molecule has 1 aromatic rings. The number of thioether (sulfide) groups is 1. The van der Waals surface area contributed by atoms with Gasteiger partial charge in [0, 0.05) is 6.54 Å². The molecule has 0 saturated carbocycles. The van der Waals surface area contributed by atoms with Crippen LogP contribution in [0.4, 0.5) is 11.5 Å². The molecule has 0 amide bonds. The summed E-state index contributed by atoms with van der Waals surface area (Å²) < 4.78 is 5.58. The lowest BCUT2D eigenvalue weighted by atomic mass is 10.2. The van der Waals surface area contributed by atoms with Gasteiger partial charge in [0.05, 0.1) is 11.8 Å². The van der Waals surface area contributed by atoms with Gasteiger partial charge in [-0.1, -0.05) is 12.8 Å². The van der Waals surface area contributed by atoms with Gasteiger partial charge in [-0.05, 0) is 50.8 Å². The summed E-state index contributed by atoms with van der Waals surface area (Å²) in [6.07, 6.45) is 7.29. The van der Waals surface area contributed by atoms with Crippen LogP contribution >= 0.6 is 11.8 Å². The van der Waals surface area contributed by atoms with Crippen molar-refractivity contribution < 1.29 is 4.74 Å². The second kappa shape index (κ2) is 9.75. The largest absolute Gasteiger partial charge is 0.473 e. The first-order valence-electron chi connectivity index (χ1n) is 7.29. The molecule has 0 radical (unpaired) electrons. The molecule has 1 aromatic heterocycles. The zero-order valence-corrected chi connectivity index (χ0v) is 13.6. The number of pyridine rings is 1. The molecule has 0 spiro atoms. The number of nitrogen functional groups attached to an aromatic ring is 1. The third-order valence-electron chi connectivity index (χ3n) is 2.82. The predicted molar refractivity (Wildman–Crippen MR) is 89.8 cm³/mol. The van der Waals surface area contributed by atoms with Gasteiger partial charge >= 0.3 is 0 Å². The van der Waals surface area contributed by atoms with Crippen molar-refractivity contribution in [1.82, 2.24) is 4.98 Å². The second-order valence-corrected chi connectivity index (χ2v) is 6.08. The molecule has 0 fully saturated rings. The van der Waals surface area contributed by atoms with Crippen LogP contribution in [0.2, 0.25) is 0 Å². The summed E-state index contributed by atoms with van der Waals surface area (Å²) in [7, 11) is 0. The van der Waals surface area contributed by atoms with Crippen molar-refractivity contribution in [2.75, 3.05) is 29.6 Å². The van der Waals surface area contributed by atoms with Crippen molar-refractivity contribution in [2.45, 2.75) is 45.6 Å². The summed E-state index contributed by atoms with van der Waals surface area (Å²) in [4.78, 5) is 4.40. The molecule has 20 heavy (non-hydrogen) atoms. The number of unbranched alkanes of at least 4 members (excludes halogenated alkanes) is 3. The van der Waals surface area contributed by atoms with E-state index in [2.05, 4.69) is 16.6 Å². The number of aromatic nitrogens is 1. The summed E-state index contributed by atoms with van der Waals surface area (Å²) in [6.45, 7) is 4.88. The zero-order chi connectivity index (χ0) is 14.8. The van der Waals surface area contributed by atoms with E-state index in [1.807, 2.05) is 37.7 Å². The topological polar surface area (TPSA) is 60.2 Å². The van der Waals surface area contributed by atoms with Crippen LogP contribution in [0.15, 0.2) is 12.1 Å². The second-order valence-electron chi connectivity index (χ2n) is 5.09. The van der Waals surface area contributed by atoms with Crippen LogP contribution in [0.5, 0.6) is 5.88 Å². The lowest BCUT2D eigenvalue weighted by Crippen LogP contribution is -2.10. The van der Waals surface area contributed by atoms with Crippen LogP contribution in [0.1, 0.15) is 39.5 Å². The Balaban J connectivity index is 2.29. The minimum Gasteiger partial charge on any atom is -0.473 e. The van der Waals surface area contributed by atoms with Crippen molar-refractivity contribution >= 4 is 23.3 Å². The highest BCUT2D eigenvalue weighted by atomic mass is 32.2. The monoisotopic (exact) mass is 297 g/mol. The van der Waals surface area contributed by atoms with Gasteiger partial charge in [-0.2, -0.15) is 16.7 Å². The Hall–Kier alpha value is -1.10. The van der Waals surface area contributed by atoms with E-state index in [0.717, 1.165) is 12.4 Å². The number of ether oxygens (including phenoxy) is 1. The van der Waals surface area contributed by atoms with Gasteiger partial charge in [-0.15, -0.1) is 0 Å². The standard InChI is InChI=1S/C15H27N3OS/c1-12(2)19-15-13(16)8-9-14(18-15)17-10-6-4-5-7-11-20-3/h8-9,12H,4-7,10-11,16H2,1-3H3,(H,17,18). The molecule has 0 atom stereocenters. The smallest absolute Gasteiger partial charge is 0.239 e. The molecule has 0 aliphatic heterocycles. The predicted octanol–water partition coefficient (Wildman–Crippen LogP) is 3.79. The Morgan fingerprint density at radius 2 is 2.00 bits per heavy atom. The Morgan fingerprint density at radius 3 is 2.70 bits per heavy atom. The lowest BCUT2D eigenvalue weighted by Gasteiger charge is -2.13. The fourth-order valence-corrected chi connectivity index (χ4v) is 2.30. The van der Waals surface area contributed by atoms with Gasteiger partial charge in [0.15, 0.2) is 0 Å². The van der Waals surface area contributed by atoms with Crippen molar-refractivity contribution in [2.24, 2.45) is 0 Å². The summed E-state index contributed by atoms with van der Waals surface area (Å²) >= 11 is 1.92. The van der Waals surface area contributed by atoms with Crippen LogP contribution in [0.25, 0.3) is 0 Å². The molecule has 0 aliphatic rings. The number of nitrogens with zero attached hydrogens (tertiary/aromatic N) is 1. The van der Waals surface area contributed by atoms with Crippen LogP contribution in [0, 0.1) is 0 Å². The molecule has 1 heterocycles. The first-order valence-corrected chi connectivity index (χ1v) is 8.69. The van der Waals surface area contributed by atoms with Crippen molar-refractivity contribution in [3.05, 3.63) is 12.1 Å². The highest BCUT2D eigenvalue weighted by Crippen LogP contribution is 2.22. The van der Waals surface area contributed by atoms with Crippen LogP contribution in [0.3, 0.4) is 0 Å². The number of hydrogen-bond acceptors (Lipinski definition) is 5. The molecule has 4 nitrogen and oxygen atoms in total. The molecule has 0 aromatic carbocycles. The Kier molecular flexibility index (Phi) is 8.26. The molecule has 5 heteroatoms. The minimum absolute atomic E-state index is 0.0801. The maximum absolute atomic E-state index is 5.84. The molecule has 114 valence electrons. The van der Waals surface area contributed by atoms with E-state index >= 15 is 0 Å². The molecule has 1 rings (SSSR count). The van der Waals surface area contributed by atoms with Gasteiger partial charge in [0.2, 0.25) is 5.88 Å². The van der Waals surface area contributed by atoms with E-state index in [4.69, 9.17) is 10.5 Å². The quantitative estimate of drug-likeness (QED) is 0.643. The van der Waals surface area contributed by atoms with Crippen LogP contribution < -0.4 is 15.8 Å². The Labute approximate surface area is 126 Å². The fourth-order valence-electron chi connectivity index (χ4n) is 1.81. The van der Waals surface area contributed by atoms with E-state index in [1.165, 1.54) is 31.4 Å². The molecule has 0 unspecified atom stereocenters. The first-order chi connectivity index (χ1) is 9.63. The molecule has 0 aliphatic carbocycles. The molecule has 0 bridgehead atoms. The van der Waals surface area contributed by atoms with E-state index < -0.39 is 0 Å². The average Bonchev–Trinajstić information content (AvgIpc) is 2.40. The van der Waals surface area contributed by atoms with Crippen molar-refractivity contribution in [1.29, 1.82) is 0 Å². The minimum atomic E-state index is 0.0801. The molecule has 0 saturated heterocycles. The molecule has 3 N–H and O–H groups in total. The maximum atomic E-state index is 5.84. The average molecular weight is 297 g/mol. The van der Waals surface area contributed by atoms with Crippen molar-refractivity contribution in [3.8, 4) is 5.88 Å². The van der Waals surface area contributed by atoms with Gasteiger partial charge in [0.1, 0.15) is 5.82 Å².